The van der Waals surface area contributed by atoms with E-state index in [4.69, 9.17) is 9.73 Å². The lowest BCUT2D eigenvalue weighted by Gasteiger charge is -2.39. The Morgan fingerprint density at radius 3 is 2.76 bits per heavy atom. The van der Waals surface area contributed by atoms with E-state index in [2.05, 4.69) is 39.8 Å². The highest BCUT2D eigenvalue weighted by Gasteiger charge is 2.28. The number of piperidine rings is 1. The zero-order valence-electron chi connectivity index (χ0n) is 18.2. The number of esters is 1. The number of halogens is 1. The fourth-order valence-electron chi connectivity index (χ4n) is 3.67. The lowest BCUT2D eigenvalue weighted by Crippen LogP contribution is -2.49. The predicted octanol–water partition coefficient (Wildman–Crippen LogP) is 3.86. The van der Waals surface area contributed by atoms with Crippen molar-refractivity contribution in [3.8, 4) is 0 Å². The Morgan fingerprint density at radius 2 is 2.07 bits per heavy atom. The SMILES string of the molecule is CCNC(=NCCCCCCC(=O)OCC)N1CCC(C)C(n2ccnc2)C1.I. The molecule has 1 N–H and O–H groups in total. The average Bonchev–Trinajstić information content (AvgIpc) is 3.21. The maximum Gasteiger partial charge on any atom is 0.305 e. The van der Waals surface area contributed by atoms with E-state index in [0.29, 0.717) is 25.0 Å². The van der Waals surface area contributed by atoms with Gasteiger partial charge in [0.25, 0.3) is 0 Å². The van der Waals surface area contributed by atoms with Crippen molar-refractivity contribution >= 4 is 35.9 Å². The van der Waals surface area contributed by atoms with Gasteiger partial charge in [-0.1, -0.05) is 19.8 Å². The number of hydrogen-bond acceptors (Lipinski definition) is 4. The van der Waals surface area contributed by atoms with E-state index >= 15 is 0 Å². The molecule has 1 saturated heterocycles. The smallest absolute Gasteiger partial charge is 0.305 e. The molecule has 1 aromatic heterocycles. The molecule has 0 bridgehead atoms. The molecule has 29 heavy (non-hydrogen) atoms. The molecule has 2 atom stereocenters. The third-order valence-electron chi connectivity index (χ3n) is 5.32. The molecule has 2 unspecified atom stereocenters. The third-order valence-corrected chi connectivity index (χ3v) is 5.32. The summed E-state index contributed by atoms with van der Waals surface area (Å²) in [4.78, 5) is 22.8. The number of rotatable bonds is 10. The van der Waals surface area contributed by atoms with Gasteiger partial charge in [-0.3, -0.25) is 9.79 Å². The summed E-state index contributed by atoms with van der Waals surface area (Å²) < 4.78 is 7.18. The average molecular weight is 519 g/mol. The van der Waals surface area contributed by atoms with Crippen molar-refractivity contribution in [2.24, 2.45) is 10.9 Å². The molecule has 166 valence electrons. The fraction of sp³-hybridized carbons (Fsp3) is 0.762. The number of aromatic nitrogens is 2. The maximum absolute atomic E-state index is 11.3. The summed E-state index contributed by atoms with van der Waals surface area (Å²) in [6, 6.07) is 0.433. The van der Waals surface area contributed by atoms with E-state index in [1.807, 2.05) is 19.4 Å². The molecule has 2 rings (SSSR count). The Labute approximate surface area is 192 Å². The maximum atomic E-state index is 11.3. The second kappa shape index (κ2) is 14.6. The van der Waals surface area contributed by atoms with Gasteiger partial charge in [0, 0.05) is 45.0 Å². The number of nitrogens with zero attached hydrogens (tertiary/aromatic N) is 4. The van der Waals surface area contributed by atoms with Gasteiger partial charge in [0.2, 0.25) is 0 Å². The minimum Gasteiger partial charge on any atom is -0.466 e. The fourth-order valence-corrected chi connectivity index (χ4v) is 3.67. The highest BCUT2D eigenvalue weighted by molar-refractivity contribution is 14.0. The molecule has 0 saturated carbocycles. The standard InChI is InChI=1S/C21H37N5O2.HI/c1-4-23-21(24-12-9-7-6-8-10-20(27)28-5-2)25-14-11-18(3)19(16-25)26-15-13-22-17-26;/h13,15,17-19H,4-12,14,16H2,1-3H3,(H,23,24);1H. The number of likely N-dealkylation sites (tertiary alicyclic amines) is 1. The summed E-state index contributed by atoms with van der Waals surface area (Å²) in [6.07, 6.45) is 11.6. The molecule has 7 nitrogen and oxygen atoms in total. The largest absolute Gasteiger partial charge is 0.466 e. The van der Waals surface area contributed by atoms with Crippen LogP contribution in [0.1, 0.15) is 65.3 Å². The first-order valence-corrected chi connectivity index (χ1v) is 10.8. The van der Waals surface area contributed by atoms with Gasteiger partial charge in [-0.25, -0.2) is 4.98 Å². The van der Waals surface area contributed by atoms with Gasteiger partial charge >= 0.3 is 5.97 Å². The van der Waals surface area contributed by atoms with E-state index in [1.165, 1.54) is 0 Å². The number of aliphatic imine (C=N–C) groups is 1. The van der Waals surface area contributed by atoms with Gasteiger partial charge in [0.05, 0.1) is 19.0 Å². The van der Waals surface area contributed by atoms with Crippen LogP contribution in [-0.4, -0.2) is 59.2 Å². The van der Waals surface area contributed by atoms with Gasteiger partial charge in [0.15, 0.2) is 5.96 Å². The summed E-state index contributed by atoms with van der Waals surface area (Å²) in [5.41, 5.74) is 0. The molecular weight excluding hydrogens is 481 g/mol. The van der Waals surface area contributed by atoms with Gasteiger partial charge < -0.3 is 19.5 Å². The molecule has 8 heteroatoms. The first-order valence-electron chi connectivity index (χ1n) is 10.8. The topological polar surface area (TPSA) is 71.8 Å². The van der Waals surface area contributed by atoms with Gasteiger partial charge in [-0.15, -0.1) is 24.0 Å². The summed E-state index contributed by atoms with van der Waals surface area (Å²) in [7, 11) is 0. The number of guanidine groups is 1. The molecule has 0 aromatic carbocycles. The minimum absolute atomic E-state index is 0. The number of ether oxygens (including phenoxy) is 1. The Morgan fingerprint density at radius 1 is 1.28 bits per heavy atom. The van der Waals surface area contributed by atoms with Crippen LogP contribution in [0.4, 0.5) is 0 Å². The number of imidazole rings is 1. The molecule has 0 radical (unpaired) electrons. The molecule has 1 aromatic rings. The van der Waals surface area contributed by atoms with Gasteiger partial charge in [0.1, 0.15) is 0 Å². The number of nitrogens with one attached hydrogen (secondary N) is 1. The van der Waals surface area contributed by atoms with Crippen molar-refractivity contribution in [1.29, 1.82) is 0 Å². The second-order valence-electron chi connectivity index (χ2n) is 7.49. The number of hydrogen-bond donors (Lipinski definition) is 1. The summed E-state index contributed by atoms with van der Waals surface area (Å²) in [5, 5.41) is 3.45. The first-order chi connectivity index (χ1) is 13.7. The van der Waals surface area contributed by atoms with Gasteiger partial charge in [-0.05, 0) is 39.0 Å². The quantitative estimate of drug-likeness (QED) is 0.167. The molecular formula is C21H38IN5O2. The van der Waals surface area contributed by atoms with Crippen LogP contribution in [0.25, 0.3) is 0 Å². The van der Waals surface area contributed by atoms with Crippen LogP contribution in [-0.2, 0) is 9.53 Å². The Bertz CT molecular complexity index is 594. The second-order valence-corrected chi connectivity index (χ2v) is 7.49. The monoisotopic (exact) mass is 519 g/mol. The van der Waals surface area contributed by atoms with Gasteiger partial charge in [-0.2, -0.15) is 0 Å². The zero-order chi connectivity index (χ0) is 20.2. The Balaban J connectivity index is 0.00000420. The van der Waals surface area contributed by atoms with Crippen LogP contribution < -0.4 is 5.32 Å². The van der Waals surface area contributed by atoms with Crippen molar-refractivity contribution in [3.63, 3.8) is 0 Å². The van der Waals surface area contributed by atoms with Crippen molar-refractivity contribution in [2.75, 3.05) is 32.8 Å². The van der Waals surface area contributed by atoms with Crippen LogP contribution in [0, 0.1) is 5.92 Å². The molecule has 0 aliphatic carbocycles. The molecule has 2 heterocycles. The van der Waals surface area contributed by atoms with Crippen LogP contribution >= 0.6 is 24.0 Å². The Kier molecular flexibility index (Phi) is 13.0. The van der Waals surface area contributed by atoms with E-state index in [9.17, 15) is 4.79 Å². The van der Waals surface area contributed by atoms with Crippen LogP contribution in [0.3, 0.4) is 0 Å². The van der Waals surface area contributed by atoms with Crippen molar-refractivity contribution in [3.05, 3.63) is 18.7 Å². The van der Waals surface area contributed by atoms with Crippen molar-refractivity contribution < 1.29 is 9.53 Å². The highest BCUT2D eigenvalue weighted by atomic mass is 127. The van der Waals surface area contributed by atoms with Crippen molar-refractivity contribution in [1.82, 2.24) is 19.8 Å². The first kappa shape index (κ1) is 25.7. The summed E-state index contributed by atoms with van der Waals surface area (Å²) >= 11 is 0. The lowest BCUT2D eigenvalue weighted by atomic mass is 9.93. The molecule has 1 aliphatic rings. The van der Waals surface area contributed by atoms with Crippen molar-refractivity contribution in [2.45, 2.75) is 65.3 Å². The number of carbonyl (C=O) groups is 1. The number of unbranched alkanes of at least 4 members (excludes halogenated alkanes) is 3. The normalized spacial score (nSPS) is 19.6. The minimum atomic E-state index is -0.0817. The zero-order valence-corrected chi connectivity index (χ0v) is 20.5. The molecule has 0 spiro atoms. The van der Waals surface area contributed by atoms with E-state index in [0.717, 1.165) is 64.2 Å². The van der Waals surface area contributed by atoms with E-state index in [1.54, 1.807) is 0 Å². The van der Waals surface area contributed by atoms with Crippen LogP contribution in [0.2, 0.25) is 0 Å². The summed E-state index contributed by atoms with van der Waals surface area (Å²) in [6.45, 7) is 10.5. The van der Waals surface area contributed by atoms with E-state index < -0.39 is 0 Å². The predicted molar refractivity (Wildman–Crippen MR) is 128 cm³/mol. The van der Waals surface area contributed by atoms with Crippen LogP contribution in [0.15, 0.2) is 23.7 Å². The number of carbonyl (C=O) groups excluding carboxylic acids is 1. The highest BCUT2D eigenvalue weighted by Crippen LogP contribution is 2.27. The molecule has 1 aliphatic heterocycles. The third kappa shape index (κ3) is 8.92. The van der Waals surface area contributed by atoms with E-state index in [-0.39, 0.29) is 29.9 Å². The summed E-state index contributed by atoms with van der Waals surface area (Å²) in [5.74, 6) is 1.57. The Hall–Kier alpha value is -1.32. The molecule has 1 fully saturated rings. The van der Waals surface area contributed by atoms with Crippen LogP contribution in [0.5, 0.6) is 0 Å². The lowest BCUT2D eigenvalue weighted by molar-refractivity contribution is -0.143. The molecule has 0 amide bonds.